The van der Waals surface area contributed by atoms with Crippen LogP contribution in [0, 0.1) is 13.8 Å². The van der Waals surface area contributed by atoms with Crippen LogP contribution < -0.4 is 4.90 Å². The second kappa shape index (κ2) is 7.26. The van der Waals surface area contributed by atoms with Crippen molar-refractivity contribution in [2.75, 3.05) is 31.1 Å². The number of nitrogens with zero attached hydrogens (tertiary/aromatic N) is 4. The Balaban J connectivity index is 1.65. The van der Waals surface area contributed by atoms with Crippen LogP contribution in [-0.4, -0.2) is 51.9 Å². The summed E-state index contributed by atoms with van der Waals surface area (Å²) < 4.78 is 0. The summed E-state index contributed by atoms with van der Waals surface area (Å²) in [5, 5.41) is 1.17. The van der Waals surface area contributed by atoms with Crippen molar-refractivity contribution in [1.82, 2.24) is 19.9 Å². The largest absolute Gasteiger partial charge is 0.368 e. The summed E-state index contributed by atoms with van der Waals surface area (Å²) in [5.41, 5.74) is 6.29. The average molecular weight is 377 g/mol. The van der Waals surface area contributed by atoms with Gasteiger partial charge in [-0.05, 0) is 43.7 Å². The van der Waals surface area contributed by atoms with Gasteiger partial charge in [0.25, 0.3) is 0 Å². The summed E-state index contributed by atoms with van der Waals surface area (Å²) in [6.07, 6.45) is 0.883. The van der Waals surface area contributed by atoms with E-state index in [1.807, 2.05) is 11.8 Å². The Morgan fingerprint density at radius 2 is 1.86 bits per heavy atom. The molecule has 6 nitrogen and oxygen atoms in total. The molecule has 4 rings (SSSR count). The van der Waals surface area contributed by atoms with Gasteiger partial charge in [0.2, 0.25) is 5.91 Å². The Hall–Kier alpha value is -2.89. The minimum atomic E-state index is 0.158. The number of hydrogen-bond donors (Lipinski definition) is 1. The molecule has 3 heterocycles. The first kappa shape index (κ1) is 18.5. The van der Waals surface area contributed by atoms with E-state index in [-0.39, 0.29) is 5.91 Å². The molecule has 1 N–H and O–H groups in total. The van der Waals surface area contributed by atoms with Crippen LogP contribution >= 0.6 is 0 Å². The van der Waals surface area contributed by atoms with Crippen molar-refractivity contribution in [2.24, 2.45) is 0 Å². The molecule has 1 aromatic carbocycles. The zero-order chi connectivity index (χ0) is 19.8. The maximum atomic E-state index is 11.5. The van der Waals surface area contributed by atoms with Crippen molar-refractivity contribution in [3.05, 3.63) is 41.3 Å². The highest BCUT2D eigenvalue weighted by Gasteiger charge is 2.19. The van der Waals surface area contributed by atoms with E-state index in [2.05, 4.69) is 48.0 Å². The van der Waals surface area contributed by atoms with Crippen LogP contribution in [0.15, 0.2) is 24.3 Å². The highest BCUT2D eigenvalue weighted by atomic mass is 16.2. The number of imidazole rings is 1. The maximum Gasteiger partial charge on any atom is 0.219 e. The average Bonchev–Trinajstić information content (AvgIpc) is 3.08. The van der Waals surface area contributed by atoms with Gasteiger partial charge < -0.3 is 14.8 Å². The minimum Gasteiger partial charge on any atom is -0.368 e. The molecule has 0 saturated carbocycles. The highest BCUT2D eigenvalue weighted by molar-refractivity contribution is 5.88. The van der Waals surface area contributed by atoms with Gasteiger partial charge in [-0.1, -0.05) is 6.92 Å². The number of rotatable bonds is 3. The number of hydrogen-bond acceptors (Lipinski definition) is 4. The summed E-state index contributed by atoms with van der Waals surface area (Å²) in [6.45, 7) is 11.2. The summed E-state index contributed by atoms with van der Waals surface area (Å²) >= 11 is 0. The second-order valence-corrected chi connectivity index (χ2v) is 7.53. The number of amides is 1. The number of aromatic nitrogens is 3. The number of H-pyrrole nitrogens is 1. The minimum absolute atomic E-state index is 0.158. The number of benzene rings is 1. The quantitative estimate of drug-likeness (QED) is 0.759. The normalized spacial score (nSPS) is 14.7. The number of pyridine rings is 1. The lowest BCUT2D eigenvalue weighted by atomic mass is 10.1. The fraction of sp³-hybridized carbons (Fsp3) is 0.409. The van der Waals surface area contributed by atoms with Gasteiger partial charge in [-0.15, -0.1) is 0 Å². The van der Waals surface area contributed by atoms with Crippen molar-refractivity contribution >= 4 is 22.5 Å². The van der Waals surface area contributed by atoms with Crippen LogP contribution in [0.3, 0.4) is 0 Å². The molecule has 0 atom stereocenters. The summed E-state index contributed by atoms with van der Waals surface area (Å²) in [4.78, 5) is 28.7. The van der Waals surface area contributed by atoms with Crippen LogP contribution in [0.5, 0.6) is 0 Å². The van der Waals surface area contributed by atoms with E-state index in [1.54, 1.807) is 6.92 Å². The number of carbonyl (C=O) groups excluding carboxylic acids is 1. The van der Waals surface area contributed by atoms with Gasteiger partial charge in [0.15, 0.2) is 0 Å². The lowest BCUT2D eigenvalue weighted by Crippen LogP contribution is -2.48. The predicted octanol–water partition coefficient (Wildman–Crippen LogP) is 3.47. The Bertz CT molecular complexity index is 1030. The molecule has 1 aliphatic heterocycles. The molecule has 28 heavy (non-hydrogen) atoms. The number of aryl methyl sites for hydroxylation is 3. The lowest BCUT2D eigenvalue weighted by Gasteiger charge is -2.35. The van der Waals surface area contributed by atoms with Gasteiger partial charge >= 0.3 is 0 Å². The van der Waals surface area contributed by atoms with Crippen molar-refractivity contribution in [2.45, 2.75) is 34.1 Å². The third-order valence-corrected chi connectivity index (χ3v) is 5.60. The van der Waals surface area contributed by atoms with Crippen LogP contribution in [-0.2, 0) is 11.2 Å². The van der Waals surface area contributed by atoms with Crippen molar-refractivity contribution < 1.29 is 4.79 Å². The monoisotopic (exact) mass is 377 g/mol. The zero-order valence-corrected chi connectivity index (χ0v) is 17.0. The Labute approximate surface area is 165 Å². The van der Waals surface area contributed by atoms with Crippen LogP contribution in [0.1, 0.15) is 30.9 Å². The molecule has 0 unspecified atom stereocenters. The first-order valence-electron chi connectivity index (χ1n) is 9.94. The molecular formula is C22H27N5O. The smallest absolute Gasteiger partial charge is 0.219 e. The standard InChI is InChI=1S/C22H27N5O/c1-5-21-23-15(3)22(25-21)20-12-14(2)18-13-17(6-7-19(18)24-20)27-10-8-26(9-11-27)16(4)28/h6-7,12-13H,5,8-11H2,1-4H3,(H,23,25). The second-order valence-electron chi connectivity index (χ2n) is 7.53. The predicted molar refractivity (Wildman–Crippen MR) is 113 cm³/mol. The number of nitrogens with one attached hydrogen (secondary N) is 1. The third kappa shape index (κ3) is 3.35. The van der Waals surface area contributed by atoms with E-state index in [9.17, 15) is 4.79 Å². The van der Waals surface area contributed by atoms with Gasteiger partial charge in [-0.3, -0.25) is 4.79 Å². The molecule has 3 aromatic rings. The molecule has 0 aliphatic carbocycles. The van der Waals surface area contributed by atoms with Gasteiger partial charge in [0, 0.05) is 56.3 Å². The number of piperazine rings is 1. The fourth-order valence-corrected chi connectivity index (χ4v) is 3.92. The molecule has 0 radical (unpaired) electrons. The number of fused-ring (bicyclic) bond motifs is 1. The zero-order valence-electron chi connectivity index (χ0n) is 17.0. The van der Waals surface area contributed by atoms with Gasteiger partial charge in [0.1, 0.15) is 11.5 Å². The van der Waals surface area contributed by atoms with Gasteiger partial charge in [-0.25, -0.2) is 9.97 Å². The topological polar surface area (TPSA) is 65.1 Å². The van der Waals surface area contributed by atoms with Crippen LogP contribution in [0.4, 0.5) is 5.69 Å². The Kier molecular flexibility index (Phi) is 4.79. The van der Waals surface area contributed by atoms with Gasteiger partial charge in [-0.2, -0.15) is 0 Å². The molecule has 1 aliphatic rings. The molecule has 0 spiro atoms. The van der Waals surface area contributed by atoms with Crippen LogP contribution in [0.2, 0.25) is 0 Å². The Morgan fingerprint density at radius 3 is 2.50 bits per heavy atom. The molecule has 2 aromatic heterocycles. The number of carbonyl (C=O) groups is 1. The molecule has 1 amide bonds. The summed E-state index contributed by atoms with van der Waals surface area (Å²) in [7, 11) is 0. The molecule has 146 valence electrons. The highest BCUT2D eigenvalue weighted by Crippen LogP contribution is 2.29. The van der Waals surface area contributed by atoms with Gasteiger partial charge in [0.05, 0.1) is 11.2 Å². The molecule has 1 saturated heterocycles. The summed E-state index contributed by atoms with van der Waals surface area (Å²) in [6, 6.07) is 8.58. The maximum absolute atomic E-state index is 11.5. The molecule has 6 heteroatoms. The van der Waals surface area contributed by atoms with E-state index in [4.69, 9.17) is 9.97 Å². The molecule has 0 bridgehead atoms. The Morgan fingerprint density at radius 1 is 1.11 bits per heavy atom. The van der Waals surface area contributed by atoms with E-state index in [0.717, 1.165) is 61.0 Å². The first-order chi connectivity index (χ1) is 13.5. The number of aromatic amines is 1. The molecule has 1 fully saturated rings. The van der Waals surface area contributed by atoms with Crippen LogP contribution in [0.25, 0.3) is 22.3 Å². The van der Waals surface area contributed by atoms with E-state index in [1.165, 1.54) is 16.6 Å². The van der Waals surface area contributed by atoms with E-state index in [0.29, 0.717) is 0 Å². The SMILES string of the molecule is CCc1nc(-c2cc(C)c3cc(N4CCN(C(C)=O)CC4)ccc3n2)c(C)[nH]1. The fourth-order valence-electron chi connectivity index (χ4n) is 3.92. The third-order valence-electron chi connectivity index (χ3n) is 5.60. The summed E-state index contributed by atoms with van der Waals surface area (Å²) in [5.74, 6) is 1.15. The van der Waals surface area contributed by atoms with E-state index < -0.39 is 0 Å². The first-order valence-corrected chi connectivity index (χ1v) is 9.94. The number of anilines is 1. The lowest BCUT2D eigenvalue weighted by molar-refractivity contribution is -0.129. The van der Waals surface area contributed by atoms with Crippen molar-refractivity contribution in [1.29, 1.82) is 0 Å². The van der Waals surface area contributed by atoms with Crippen molar-refractivity contribution in [3.63, 3.8) is 0 Å². The van der Waals surface area contributed by atoms with Crippen molar-refractivity contribution in [3.8, 4) is 11.4 Å². The molecular weight excluding hydrogens is 350 g/mol. The van der Waals surface area contributed by atoms with E-state index >= 15 is 0 Å².